The second-order valence-corrected chi connectivity index (χ2v) is 8.10. The molecule has 168 valence electrons. The highest BCUT2D eigenvalue weighted by Gasteiger charge is 2.15. The van der Waals surface area contributed by atoms with E-state index in [1.807, 2.05) is 41.8 Å². The third-order valence-electron chi connectivity index (χ3n) is 4.92. The third kappa shape index (κ3) is 6.07. The summed E-state index contributed by atoms with van der Waals surface area (Å²) in [4.78, 5) is 29.8. The van der Waals surface area contributed by atoms with E-state index in [1.54, 1.807) is 30.6 Å². The molecule has 2 aromatic carbocycles. The summed E-state index contributed by atoms with van der Waals surface area (Å²) in [7, 11) is 1.66. The van der Waals surface area contributed by atoms with Crippen molar-refractivity contribution in [3.05, 3.63) is 65.0 Å². The molecule has 8 heteroatoms. The van der Waals surface area contributed by atoms with E-state index >= 15 is 0 Å². The number of carbonyl (C=O) groups excluding carboxylic acids is 1. The molecular weight excluding hydrogens is 426 g/mol. The van der Waals surface area contributed by atoms with Crippen LogP contribution in [0.25, 0.3) is 11.3 Å². The number of thiazole rings is 1. The zero-order valence-corrected chi connectivity index (χ0v) is 19.0. The van der Waals surface area contributed by atoms with Gasteiger partial charge in [-0.25, -0.2) is 4.98 Å². The van der Waals surface area contributed by atoms with Crippen molar-refractivity contribution in [3.63, 3.8) is 0 Å². The Morgan fingerprint density at radius 2 is 1.91 bits per heavy atom. The topological polar surface area (TPSA) is 91.8 Å². The van der Waals surface area contributed by atoms with Crippen molar-refractivity contribution in [1.29, 1.82) is 0 Å². The predicted octanol–water partition coefficient (Wildman–Crippen LogP) is 4.44. The van der Waals surface area contributed by atoms with Crippen molar-refractivity contribution in [2.75, 3.05) is 25.1 Å². The highest BCUT2D eigenvalue weighted by atomic mass is 32.1. The largest absolute Gasteiger partial charge is 0.496 e. The van der Waals surface area contributed by atoms with Gasteiger partial charge in [-0.15, -0.1) is 11.3 Å². The molecule has 0 saturated heterocycles. The van der Waals surface area contributed by atoms with Gasteiger partial charge in [-0.05, 0) is 36.2 Å². The summed E-state index contributed by atoms with van der Waals surface area (Å²) in [5.74, 6) is -0.679. The molecule has 1 aromatic heterocycles. The summed E-state index contributed by atoms with van der Waals surface area (Å²) < 4.78 is 5.48. The molecule has 0 radical (unpaired) electrons. The van der Waals surface area contributed by atoms with E-state index in [2.05, 4.69) is 17.1 Å². The number of rotatable bonds is 11. The number of amides is 1. The highest BCUT2D eigenvalue weighted by Crippen LogP contribution is 2.33. The van der Waals surface area contributed by atoms with Crippen LogP contribution in [0.2, 0.25) is 0 Å². The zero-order chi connectivity index (χ0) is 22.9. The molecule has 32 heavy (non-hydrogen) atoms. The summed E-state index contributed by atoms with van der Waals surface area (Å²) >= 11 is 1.60. The number of para-hydroxylation sites is 1. The molecule has 0 saturated carbocycles. The number of aliphatic carboxylic acids is 1. The van der Waals surface area contributed by atoms with Crippen LogP contribution >= 0.6 is 11.3 Å². The number of ether oxygens (including phenoxy) is 1. The number of nitrogens with zero attached hydrogens (tertiary/aromatic N) is 2. The number of carboxylic acid groups (broad SMARTS) is 1. The van der Waals surface area contributed by atoms with E-state index in [9.17, 15) is 9.59 Å². The van der Waals surface area contributed by atoms with Crippen molar-refractivity contribution in [2.24, 2.45) is 0 Å². The molecule has 0 atom stereocenters. The fourth-order valence-electron chi connectivity index (χ4n) is 3.22. The fraction of sp³-hybridized carbons (Fsp3) is 0.292. The fourth-order valence-corrected chi connectivity index (χ4v) is 4.07. The van der Waals surface area contributed by atoms with Gasteiger partial charge in [0.15, 0.2) is 5.13 Å². The molecule has 0 unspecified atom stereocenters. The standard InChI is InChI=1S/C24H27N3O4S/c1-3-4-13-27(15-17-9-11-18(12-10-17)23(30)25-14-22(28)29)24-26-20(16-32-24)19-7-5-6-8-21(19)31-2/h5-12,16H,3-4,13-15H2,1-2H3,(H,25,30)(H,28,29). The van der Waals surface area contributed by atoms with Gasteiger partial charge in [0, 0.05) is 29.6 Å². The maximum atomic E-state index is 12.0. The molecule has 3 rings (SSSR count). The van der Waals surface area contributed by atoms with Crippen molar-refractivity contribution in [3.8, 4) is 17.0 Å². The summed E-state index contributed by atoms with van der Waals surface area (Å²) in [6.07, 6.45) is 2.11. The minimum atomic E-state index is -1.07. The summed E-state index contributed by atoms with van der Waals surface area (Å²) in [6, 6.07) is 15.1. The third-order valence-corrected chi connectivity index (χ3v) is 5.82. The lowest BCUT2D eigenvalue weighted by Crippen LogP contribution is -2.29. The van der Waals surface area contributed by atoms with E-state index < -0.39 is 18.4 Å². The Hall–Kier alpha value is -3.39. The number of carbonyl (C=O) groups is 2. The SMILES string of the molecule is CCCCN(Cc1ccc(C(=O)NCC(=O)O)cc1)c1nc(-c2ccccc2OC)cs1. The second-order valence-electron chi connectivity index (χ2n) is 7.26. The molecule has 0 aliphatic rings. The number of hydrogen-bond donors (Lipinski definition) is 2. The predicted molar refractivity (Wildman–Crippen MR) is 126 cm³/mol. The summed E-state index contributed by atoms with van der Waals surface area (Å²) in [6.45, 7) is 3.29. The molecule has 7 nitrogen and oxygen atoms in total. The van der Waals surface area contributed by atoms with E-state index in [-0.39, 0.29) is 0 Å². The number of methoxy groups -OCH3 is 1. The van der Waals surface area contributed by atoms with Crippen LogP contribution in [-0.4, -0.2) is 42.2 Å². The van der Waals surface area contributed by atoms with Gasteiger partial charge in [-0.2, -0.15) is 0 Å². The Morgan fingerprint density at radius 3 is 2.59 bits per heavy atom. The van der Waals surface area contributed by atoms with E-state index in [4.69, 9.17) is 14.8 Å². The lowest BCUT2D eigenvalue weighted by molar-refractivity contribution is -0.135. The smallest absolute Gasteiger partial charge is 0.322 e. The minimum Gasteiger partial charge on any atom is -0.496 e. The molecular formula is C24H27N3O4S. The molecule has 3 aromatic rings. The van der Waals surface area contributed by atoms with E-state index in [0.29, 0.717) is 12.1 Å². The Kier molecular flexibility index (Phi) is 8.21. The molecule has 0 aliphatic carbocycles. The number of carboxylic acids is 1. The van der Waals surface area contributed by atoms with Crippen molar-refractivity contribution in [1.82, 2.24) is 10.3 Å². The maximum Gasteiger partial charge on any atom is 0.322 e. The molecule has 0 bridgehead atoms. The van der Waals surface area contributed by atoms with Crippen LogP contribution in [0.15, 0.2) is 53.9 Å². The average molecular weight is 454 g/mol. The van der Waals surface area contributed by atoms with Crippen LogP contribution in [0.3, 0.4) is 0 Å². The molecule has 0 aliphatic heterocycles. The zero-order valence-electron chi connectivity index (χ0n) is 18.2. The average Bonchev–Trinajstić information content (AvgIpc) is 3.30. The number of aromatic nitrogens is 1. The number of anilines is 1. The first kappa shape index (κ1) is 23.3. The van der Waals surface area contributed by atoms with Crippen molar-refractivity contribution >= 4 is 28.3 Å². The van der Waals surface area contributed by atoms with Crippen LogP contribution in [0.5, 0.6) is 5.75 Å². The molecule has 1 heterocycles. The lowest BCUT2D eigenvalue weighted by Gasteiger charge is -2.22. The molecule has 1 amide bonds. The van der Waals surface area contributed by atoms with Gasteiger partial charge < -0.3 is 20.1 Å². The van der Waals surface area contributed by atoms with Crippen LogP contribution in [0.4, 0.5) is 5.13 Å². The summed E-state index contributed by atoms with van der Waals surface area (Å²) in [5, 5.41) is 14.1. The van der Waals surface area contributed by atoms with Crippen LogP contribution in [-0.2, 0) is 11.3 Å². The van der Waals surface area contributed by atoms with Gasteiger partial charge in [0.25, 0.3) is 5.91 Å². The molecule has 0 fully saturated rings. The van der Waals surface area contributed by atoms with Crippen molar-refractivity contribution in [2.45, 2.75) is 26.3 Å². The number of unbranched alkanes of at least 4 members (excludes halogenated alkanes) is 1. The van der Waals surface area contributed by atoms with Gasteiger partial charge in [-0.1, -0.05) is 37.6 Å². The quantitative estimate of drug-likeness (QED) is 0.446. The lowest BCUT2D eigenvalue weighted by atomic mass is 10.1. The van der Waals surface area contributed by atoms with Gasteiger partial charge >= 0.3 is 5.97 Å². The van der Waals surface area contributed by atoms with E-state index in [0.717, 1.165) is 47.1 Å². The first-order valence-corrected chi connectivity index (χ1v) is 11.3. The van der Waals surface area contributed by atoms with Crippen LogP contribution in [0.1, 0.15) is 35.7 Å². The van der Waals surface area contributed by atoms with Crippen LogP contribution < -0.4 is 15.0 Å². The number of benzene rings is 2. The molecule has 0 spiro atoms. The monoisotopic (exact) mass is 453 g/mol. The Morgan fingerprint density at radius 1 is 1.16 bits per heavy atom. The van der Waals surface area contributed by atoms with Crippen molar-refractivity contribution < 1.29 is 19.4 Å². The Bertz CT molecular complexity index is 1050. The van der Waals surface area contributed by atoms with Gasteiger partial charge in [0.1, 0.15) is 12.3 Å². The number of nitrogens with one attached hydrogen (secondary N) is 1. The molecule has 2 N–H and O–H groups in total. The Labute approximate surface area is 191 Å². The number of hydrogen-bond acceptors (Lipinski definition) is 6. The second kappa shape index (κ2) is 11.3. The van der Waals surface area contributed by atoms with Gasteiger partial charge in [0.2, 0.25) is 0 Å². The van der Waals surface area contributed by atoms with Crippen LogP contribution in [0, 0.1) is 0 Å². The summed E-state index contributed by atoms with van der Waals surface area (Å²) in [5.41, 5.74) is 3.33. The van der Waals surface area contributed by atoms with Gasteiger partial charge in [-0.3, -0.25) is 9.59 Å². The normalized spacial score (nSPS) is 10.6. The maximum absolute atomic E-state index is 12.0. The highest BCUT2D eigenvalue weighted by molar-refractivity contribution is 7.14. The Balaban J connectivity index is 1.75. The first-order chi connectivity index (χ1) is 15.5. The van der Waals surface area contributed by atoms with E-state index in [1.165, 1.54) is 0 Å². The van der Waals surface area contributed by atoms with Gasteiger partial charge in [0.05, 0.1) is 12.8 Å². The first-order valence-electron chi connectivity index (χ1n) is 10.4. The minimum absolute atomic E-state index is 0.399.